The van der Waals surface area contributed by atoms with Crippen LogP contribution in [0.4, 0.5) is 5.00 Å². The van der Waals surface area contributed by atoms with Crippen molar-refractivity contribution < 1.29 is 4.79 Å². The molecule has 1 aromatic carbocycles. The van der Waals surface area contributed by atoms with E-state index in [0.29, 0.717) is 16.5 Å². The lowest BCUT2D eigenvalue weighted by atomic mass is 9.88. The van der Waals surface area contributed by atoms with Gasteiger partial charge in [-0.3, -0.25) is 4.79 Å². The van der Waals surface area contributed by atoms with Gasteiger partial charge in [-0.05, 0) is 72.0 Å². The third-order valence-corrected chi connectivity index (χ3v) is 8.11. The molecule has 0 radical (unpaired) electrons. The van der Waals surface area contributed by atoms with E-state index in [9.17, 15) is 10.1 Å². The van der Waals surface area contributed by atoms with Gasteiger partial charge < -0.3 is 5.32 Å². The van der Waals surface area contributed by atoms with E-state index < -0.39 is 0 Å². The summed E-state index contributed by atoms with van der Waals surface area (Å²) in [5.74, 6) is 1.47. The number of carbonyl (C=O) groups excluding carboxylic acids is 1. The maximum absolute atomic E-state index is 12.8. The SMILES string of the molecule is Cc1ccc(C)c(-c2sc(NC(=O)[C@@H]3C[C@H]4CC[C@H]3C4)c(C#N)c2Br)c1. The summed E-state index contributed by atoms with van der Waals surface area (Å²) < 4.78 is 0.780. The fraction of sp³-hybridized carbons (Fsp3) is 0.429. The number of hydrogen-bond donors (Lipinski definition) is 1. The van der Waals surface area contributed by atoms with Crippen LogP contribution < -0.4 is 5.32 Å². The number of carbonyl (C=O) groups is 1. The van der Waals surface area contributed by atoms with Crippen molar-refractivity contribution in [3.63, 3.8) is 0 Å². The van der Waals surface area contributed by atoms with Gasteiger partial charge in [0.05, 0.1) is 9.35 Å². The summed E-state index contributed by atoms with van der Waals surface area (Å²) in [5, 5.41) is 13.4. The van der Waals surface area contributed by atoms with Crippen LogP contribution in [0.1, 0.15) is 42.4 Å². The number of fused-ring (bicyclic) bond motifs is 2. The number of nitrogens with one attached hydrogen (secondary N) is 1. The predicted octanol–water partition coefficient (Wildman–Crippen LogP) is 6.04. The van der Waals surface area contributed by atoms with Crippen molar-refractivity contribution in [3.05, 3.63) is 39.4 Å². The Balaban J connectivity index is 1.66. The molecule has 0 saturated heterocycles. The fourth-order valence-corrected chi connectivity index (χ4v) is 6.52. The second kappa shape index (κ2) is 6.83. The maximum Gasteiger partial charge on any atom is 0.228 e. The van der Waals surface area contributed by atoms with Crippen molar-refractivity contribution >= 4 is 38.2 Å². The van der Waals surface area contributed by atoms with Crippen molar-refractivity contribution in [1.82, 2.24) is 0 Å². The van der Waals surface area contributed by atoms with Gasteiger partial charge in [-0.15, -0.1) is 11.3 Å². The van der Waals surface area contributed by atoms with Crippen LogP contribution in [0, 0.1) is 42.9 Å². The Hall–Kier alpha value is -1.64. The van der Waals surface area contributed by atoms with Crippen molar-refractivity contribution in [1.29, 1.82) is 5.26 Å². The summed E-state index contributed by atoms with van der Waals surface area (Å²) in [6, 6.07) is 8.58. The molecule has 26 heavy (non-hydrogen) atoms. The lowest BCUT2D eigenvalue weighted by Crippen LogP contribution is -2.27. The summed E-state index contributed by atoms with van der Waals surface area (Å²) in [6.07, 6.45) is 4.66. The third kappa shape index (κ3) is 3.00. The molecular formula is C21H21BrN2OS. The molecule has 1 heterocycles. The van der Waals surface area contributed by atoms with Crippen molar-refractivity contribution in [3.8, 4) is 16.5 Å². The molecule has 3 nitrogen and oxygen atoms in total. The van der Waals surface area contributed by atoms with Gasteiger partial charge in [-0.25, -0.2) is 0 Å². The van der Waals surface area contributed by atoms with Crippen LogP contribution in [0.5, 0.6) is 0 Å². The van der Waals surface area contributed by atoms with Crippen LogP contribution in [0.2, 0.25) is 0 Å². The molecule has 0 unspecified atom stereocenters. The molecule has 2 fully saturated rings. The molecule has 1 aromatic heterocycles. The van der Waals surface area contributed by atoms with Gasteiger partial charge in [0.1, 0.15) is 16.6 Å². The first-order chi connectivity index (χ1) is 12.5. The van der Waals surface area contributed by atoms with Crippen LogP contribution in [0.25, 0.3) is 10.4 Å². The van der Waals surface area contributed by atoms with Gasteiger partial charge in [0.2, 0.25) is 5.91 Å². The summed E-state index contributed by atoms with van der Waals surface area (Å²) in [4.78, 5) is 13.8. The maximum atomic E-state index is 12.8. The molecule has 4 rings (SSSR count). The number of halogens is 1. The van der Waals surface area contributed by atoms with E-state index in [2.05, 4.69) is 59.4 Å². The number of hydrogen-bond acceptors (Lipinski definition) is 3. The summed E-state index contributed by atoms with van der Waals surface area (Å²) in [6.45, 7) is 4.13. The number of rotatable bonds is 3. The molecule has 2 aromatic rings. The fourth-order valence-electron chi connectivity index (χ4n) is 4.52. The molecule has 0 spiro atoms. The Morgan fingerprint density at radius 1 is 1.31 bits per heavy atom. The van der Waals surface area contributed by atoms with Gasteiger partial charge in [-0.2, -0.15) is 5.26 Å². The highest BCUT2D eigenvalue weighted by Crippen LogP contribution is 2.49. The quantitative estimate of drug-likeness (QED) is 0.647. The van der Waals surface area contributed by atoms with Gasteiger partial charge in [0, 0.05) is 5.92 Å². The van der Waals surface area contributed by atoms with Gasteiger partial charge in [-0.1, -0.05) is 30.2 Å². The highest BCUT2D eigenvalue weighted by Gasteiger charge is 2.43. The number of nitriles is 1. The van der Waals surface area contributed by atoms with E-state index >= 15 is 0 Å². The minimum Gasteiger partial charge on any atom is -0.316 e. The Kier molecular flexibility index (Phi) is 4.66. The lowest BCUT2D eigenvalue weighted by Gasteiger charge is -2.20. The second-order valence-corrected chi connectivity index (χ2v) is 9.46. The first-order valence-corrected chi connectivity index (χ1v) is 10.7. The average Bonchev–Trinajstić information content (AvgIpc) is 3.32. The number of thiophene rings is 1. The molecule has 1 amide bonds. The molecule has 3 atom stereocenters. The first-order valence-electron chi connectivity index (χ1n) is 9.08. The molecular weight excluding hydrogens is 408 g/mol. The topological polar surface area (TPSA) is 52.9 Å². The number of benzene rings is 1. The number of nitrogens with zero attached hydrogens (tertiary/aromatic N) is 1. The van der Waals surface area contributed by atoms with Crippen LogP contribution in [-0.4, -0.2) is 5.91 Å². The minimum absolute atomic E-state index is 0.0926. The van der Waals surface area contributed by atoms with E-state index in [1.807, 2.05) is 0 Å². The Morgan fingerprint density at radius 3 is 2.77 bits per heavy atom. The Bertz CT molecular complexity index is 927. The molecule has 0 aliphatic heterocycles. The minimum atomic E-state index is 0.0926. The highest BCUT2D eigenvalue weighted by atomic mass is 79.9. The Morgan fingerprint density at radius 2 is 2.12 bits per heavy atom. The molecule has 2 saturated carbocycles. The lowest BCUT2D eigenvalue weighted by molar-refractivity contribution is -0.121. The Labute approximate surface area is 166 Å². The molecule has 2 aliphatic carbocycles. The van der Waals surface area contributed by atoms with Crippen LogP contribution >= 0.6 is 27.3 Å². The van der Waals surface area contributed by atoms with Crippen LogP contribution in [-0.2, 0) is 4.79 Å². The third-order valence-electron chi connectivity index (χ3n) is 5.91. The number of aryl methyl sites for hydroxylation is 2. The van der Waals surface area contributed by atoms with Gasteiger partial charge in [0.25, 0.3) is 0 Å². The molecule has 134 valence electrons. The number of anilines is 1. The second-order valence-electron chi connectivity index (χ2n) is 7.65. The first kappa shape index (κ1) is 17.8. The zero-order valence-electron chi connectivity index (χ0n) is 14.9. The smallest absolute Gasteiger partial charge is 0.228 e. The van der Waals surface area contributed by atoms with Crippen molar-refractivity contribution in [2.75, 3.05) is 5.32 Å². The van der Waals surface area contributed by atoms with Crippen LogP contribution in [0.15, 0.2) is 22.7 Å². The van der Waals surface area contributed by atoms with E-state index in [-0.39, 0.29) is 11.8 Å². The zero-order chi connectivity index (χ0) is 18.4. The van der Waals surface area contributed by atoms with E-state index in [1.165, 1.54) is 36.2 Å². The summed E-state index contributed by atoms with van der Waals surface area (Å²) in [5.41, 5.74) is 3.98. The molecule has 2 bridgehead atoms. The molecule has 1 N–H and O–H groups in total. The largest absolute Gasteiger partial charge is 0.316 e. The highest BCUT2D eigenvalue weighted by molar-refractivity contribution is 9.10. The zero-order valence-corrected chi connectivity index (χ0v) is 17.3. The predicted molar refractivity (Wildman–Crippen MR) is 109 cm³/mol. The van der Waals surface area contributed by atoms with E-state index in [4.69, 9.17) is 0 Å². The van der Waals surface area contributed by atoms with Crippen molar-refractivity contribution in [2.24, 2.45) is 17.8 Å². The number of amides is 1. The van der Waals surface area contributed by atoms with Gasteiger partial charge in [0.15, 0.2) is 0 Å². The molecule has 5 heteroatoms. The average molecular weight is 429 g/mol. The summed E-state index contributed by atoms with van der Waals surface area (Å²) in [7, 11) is 0. The van der Waals surface area contributed by atoms with Gasteiger partial charge >= 0.3 is 0 Å². The standard InChI is InChI=1S/C21H21BrN2OS/c1-11-3-4-12(2)15(7-11)19-18(22)17(10-23)21(26-19)24-20(25)16-9-13-5-6-14(16)8-13/h3-4,7,13-14,16H,5-6,8-9H2,1-2H3,(H,24,25)/t13-,14-,16+/m0/s1. The monoisotopic (exact) mass is 428 g/mol. The summed E-state index contributed by atoms with van der Waals surface area (Å²) >= 11 is 5.09. The molecule has 2 aliphatic rings. The normalized spacial score (nSPS) is 23.8. The van der Waals surface area contributed by atoms with Crippen molar-refractivity contribution in [2.45, 2.75) is 39.5 Å². The van der Waals surface area contributed by atoms with E-state index in [0.717, 1.165) is 32.8 Å². The van der Waals surface area contributed by atoms with E-state index in [1.54, 1.807) is 0 Å². The van der Waals surface area contributed by atoms with Crippen LogP contribution in [0.3, 0.4) is 0 Å².